The molecule has 0 aliphatic heterocycles. The second-order valence-corrected chi connectivity index (χ2v) is 14.0. The molecule has 0 aromatic rings. The van der Waals surface area contributed by atoms with Gasteiger partial charge in [0.25, 0.3) is 0 Å². The predicted molar refractivity (Wildman–Crippen MR) is 205 cm³/mol. The van der Waals surface area contributed by atoms with Crippen molar-refractivity contribution in [1.82, 2.24) is 0 Å². The zero-order valence-electron chi connectivity index (χ0n) is 31.3. The van der Waals surface area contributed by atoms with Crippen LogP contribution in [0.5, 0.6) is 0 Å². The molecule has 50 heavy (non-hydrogen) atoms. The van der Waals surface area contributed by atoms with E-state index in [4.69, 9.17) is 23.6 Å². The summed E-state index contributed by atoms with van der Waals surface area (Å²) in [6.07, 6.45) is 40.4. The fraction of sp³-hybridized carbons (Fsp3) is 0.725. The Bertz CT molecular complexity index is 960. The van der Waals surface area contributed by atoms with E-state index in [1.54, 1.807) is 0 Å². The number of phosphoric ester groups is 1. The Hall–Kier alpha value is -1.84. The summed E-state index contributed by atoms with van der Waals surface area (Å²) in [6.45, 7) is 3.31. The Balaban J connectivity index is 4.35. The van der Waals surface area contributed by atoms with Gasteiger partial charge in [0.1, 0.15) is 12.2 Å². The highest BCUT2D eigenvalue weighted by Gasteiger charge is 2.26. The highest BCUT2D eigenvalue weighted by atomic mass is 31.2. The van der Waals surface area contributed by atoms with Crippen LogP contribution in [0.15, 0.2) is 60.8 Å². The van der Waals surface area contributed by atoms with Gasteiger partial charge >= 0.3 is 13.8 Å². The van der Waals surface area contributed by atoms with Crippen LogP contribution in [0, 0.1) is 0 Å². The smallest absolute Gasteiger partial charge is 0.457 e. The number of carbonyl (C=O) groups excluding carboxylic acids is 1. The van der Waals surface area contributed by atoms with Gasteiger partial charge in [-0.05, 0) is 51.4 Å². The third-order valence-electron chi connectivity index (χ3n) is 7.72. The lowest BCUT2D eigenvalue weighted by Gasteiger charge is -2.20. The molecule has 0 aliphatic rings. The van der Waals surface area contributed by atoms with Crippen molar-refractivity contribution in [2.75, 3.05) is 33.0 Å². The summed E-state index contributed by atoms with van der Waals surface area (Å²) in [5.74, 6) is -0.440. The predicted octanol–water partition coefficient (Wildman–Crippen LogP) is 10.0. The molecule has 3 unspecified atom stereocenters. The summed E-state index contributed by atoms with van der Waals surface area (Å²) in [4.78, 5) is 22.5. The maximum atomic E-state index is 12.5. The molecule has 0 fully saturated rings. The Labute approximate surface area is 304 Å². The molecule has 0 aromatic heterocycles. The van der Waals surface area contributed by atoms with Crippen LogP contribution in [0.4, 0.5) is 0 Å². The Kier molecular flexibility index (Phi) is 35.6. The number of aliphatic hydroxyl groups is 2. The lowest BCUT2D eigenvalue weighted by molar-refractivity contribution is -0.154. The molecular weight excluding hydrogens is 655 g/mol. The molecule has 0 radical (unpaired) electrons. The number of esters is 1. The molecule has 0 saturated carbocycles. The molecule has 0 bridgehead atoms. The van der Waals surface area contributed by atoms with Crippen molar-refractivity contribution in [2.45, 2.75) is 154 Å². The highest BCUT2D eigenvalue weighted by molar-refractivity contribution is 7.47. The molecule has 290 valence electrons. The number of ether oxygens (including phenoxy) is 2. The third-order valence-corrected chi connectivity index (χ3v) is 8.67. The molecule has 0 saturated heterocycles. The van der Waals surface area contributed by atoms with Crippen LogP contribution >= 0.6 is 7.82 Å². The summed E-state index contributed by atoms with van der Waals surface area (Å²) in [5, 5.41) is 18.3. The molecule has 9 nitrogen and oxygen atoms in total. The third kappa shape index (κ3) is 36.0. The summed E-state index contributed by atoms with van der Waals surface area (Å²) < 4.78 is 33.2. The first kappa shape index (κ1) is 48.2. The van der Waals surface area contributed by atoms with E-state index in [2.05, 4.69) is 68.5 Å². The topological polar surface area (TPSA) is 132 Å². The maximum absolute atomic E-state index is 12.5. The van der Waals surface area contributed by atoms with Crippen molar-refractivity contribution in [3.05, 3.63) is 60.8 Å². The van der Waals surface area contributed by atoms with Crippen molar-refractivity contribution >= 4 is 13.8 Å². The van der Waals surface area contributed by atoms with E-state index >= 15 is 0 Å². The summed E-state index contributed by atoms with van der Waals surface area (Å²) in [6, 6.07) is 0. The number of hydrogen-bond donors (Lipinski definition) is 3. The van der Waals surface area contributed by atoms with Crippen molar-refractivity contribution in [2.24, 2.45) is 0 Å². The fourth-order valence-electron chi connectivity index (χ4n) is 4.80. The number of hydrogen-bond acceptors (Lipinski definition) is 8. The molecule has 3 atom stereocenters. The van der Waals surface area contributed by atoms with Crippen LogP contribution < -0.4 is 0 Å². The number of carbonyl (C=O) groups is 1. The average Bonchev–Trinajstić information content (AvgIpc) is 3.10. The number of unbranched alkanes of at least 4 members (excludes halogenated alkanes) is 12. The number of allylic oxidation sites excluding steroid dienone is 10. The molecule has 0 heterocycles. The van der Waals surface area contributed by atoms with E-state index in [1.807, 2.05) is 6.08 Å². The van der Waals surface area contributed by atoms with Gasteiger partial charge in [0.2, 0.25) is 0 Å². The minimum Gasteiger partial charge on any atom is -0.457 e. The van der Waals surface area contributed by atoms with E-state index in [1.165, 1.54) is 57.8 Å². The van der Waals surface area contributed by atoms with E-state index in [-0.39, 0.29) is 13.0 Å². The second kappa shape index (κ2) is 36.9. The van der Waals surface area contributed by atoms with Crippen LogP contribution in [-0.4, -0.2) is 66.3 Å². The van der Waals surface area contributed by atoms with Gasteiger partial charge in [-0.15, -0.1) is 0 Å². The van der Waals surface area contributed by atoms with E-state index < -0.39 is 45.8 Å². The minimum atomic E-state index is -4.53. The molecule has 0 spiro atoms. The molecule has 0 aromatic carbocycles. The van der Waals surface area contributed by atoms with Crippen LogP contribution in [0.25, 0.3) is 0 Å². The number of phosphoric acid groups is 1. The highest BCUT2D eigenvalue weighted by Crippen LogP contribution is 2.43. The van der Waals surface area contributed by atoms with Gasteiger partial charge in [0.05, 0.1) is 26.4 Å². The summed E-state index contributed by atoms with van der Waals surface area (Å²) in [5.41, 5.74) is 0. The standard InChI is InChI=1S/C40H71O9P/c1-3-5-7-9-11-13-15-17-18-19-20-21-22-24-26-28-30-32-40(43)49-39(37-48-50(44,45)47-35-38(42)34-41)36-46-33-31-29-27-25-23-16-14-12-10-8-6-4-2/h5,7,11,13,17-18,20-21,24,26,38-39,41-42H,3-4,6,8-10,12,14-16,19,22-23,25,27-37H2,1-2H3,(H,44,45)/b7-5-,13-11-,18-17-,21-20-,26-24-. The summed E-state index contributed by atoms with van der Waals surface area (Å²) in [7, 11) is -4.53. The molecule has 0 aliphatic carbocycles. The molecule has 0 rings (SSSR count). The Morgan fingerprint density at radius 1 is 0.640 bits per heavy atom. The quantitative estimate of drug-likeness (QED) is 0.0250. The van der Waals surface area contributed by atoms with E-state index in [0.29, 0.717) is 13.0 Å². The first-order valence-corrected chi connectivity index (χ1v) is 20.8. The molecular formula is C40H71O9P. The van der Waals surface area contributed by atoms with Crippen molar-refractivity contribution < 1.29 is 43.0 Å². The van der Waals surface area contributed by atoms with E-state index in [9.17, 15) is 19.4 Å². The monoisotopic (exact) mass is 726 g/mol. The second-order valence-electron chi connectivity index (χ2n) is 12.6. The minimum absolute atomic E-state index is 0.0256. The molecule has 0 amide bonds. The van der Waals surface area contributed by atoms with Crippen LogP contribution in [0.3, 0.4) is 0 Å². The first-order chi connectivity index (χ1) is 24.3. The van der Waals surface area contributed by atoms with Crippen LogP contribution in [-0.2, 0) is 27.9 Å². The van der Waals surface area contributed by atoms with Crippen molar-refractivity contribution in [3.8, 4) is 0 Å². The van der Waals surface area contributed by atoms with Gasteiger partial charge in [-0.1, -0.05) is 145 Å². The zero-order valence-corrected chi connectivity index (χ0v) is 32.2. The van der Waals surface area contributed by atoms with Gasteiger partial charge in [0, 0.05) is 13.0 Å². The van der Waals surface area contributed by atoms with Crippen LogP contribution in [0.1, 0.15) is 142 Å². The lowest BCUT2D eigenvalue weighted by Crippen LogP contribution is -2.29. The lowest BCUT2D eigenvalue weighted by atomic mass is 10.1. The number of aliphatic hydroxyl groups excluding tert-OH is 2. The zero-order chi connectivity index (χ0) is 36.8. The van der Waals surface area contributed by atoms with Crippen molar-refractivity contribution in [1.29, 1.82) is 0 Å². The maximum Gasteiger partial charge on any atom is 0.472 e. The number of rotatable bonds is 36. The van der Waals surface area contributed by atoms with Crippen LogP contribution in [0.2, 0.25) is 0 Å². The summed E-state index contributed by atoms with van der Waals surface area (Å²) >= 11 is 0. The first-order valence-electron chi connectivity index (χ1n) is 19.3. The Morgan fingerprint density at radius 2 is 1.12 bits per heavy atom. The van der Waals surface area contributed by atoms with Gasteiger partial charge in [0.15, 0.2) is 0 Å². The van der Waals surface area contributed by atoms with E-state index in [0.717, 1.165) is 57.8 Å². The normalized spacial score (nSPS) is 14.9. The molecule has 3 N–H and O–H groups in total. The van der Waals surface area contributed by atoms with Gasteiger partial charge < -0.3 is 24.6 Å². The van der Waals surface area contributed by atoms with Crippen molar-refractivity contribution in [3.63, 3.8) is 0 Å². The van der Waals surface area contributed by atoms with Gasteiger partial charge in [-0.2, -0.15) is 0 Å². The Morgan fingerprint density at radius 3 is 1.64 bits per heavy atom. The molecule has 10 heteroatoms. The van der Waals surface area contributed by atoms with Gasteiger partial charge in [-0.25, -0.2) is 4.57 Å². The SMILES string of the molecule is CC/C=C\C/C=C\C/C=C\C/C=C\C/C=C\CCCC(=O)OC(COCCCCCCCCCCCCCC)COP(=O)(O)OCC(O)CO. The van der Waals surface area contributed by atoms with Gasteiger partial charge in [-0.3, -0.25) is 13.8 Å². The fourth-order valence-corrected chi connectivity index (χ4v) is 5.59. The average molecular weight is 727 g/mol. The largest absolute Gasteiger partial charge is 0.472 e.